The molecule has 0 aliphatic carbocycles. The Morgan fingerprint density at radius 1 is 0.545 bits per heavy atom. The second-order valence-electron chi connectivity index (χ2n) is 8.04. The summed E-state index contributed by atoms with van der Waals surface area (Å²) in [7, 11) is -3.94. The van der Waals surface area contributed by atoms with Gasteiger partial charge < -0.3 is 14.4 Å². The summed E-state index contributed by atoms with van der Waals surface area (Å²) in [5.74, 6) is 0. The van der Waals surface area contributed by atoms with Crippen LogP contribution in [0.4, 0.5) is 0 Å². The van der Waals surface area contributed by atoms with E-state index in [1.54, 1.807) is 0 Å². The highest BCUT2D eigenvalue weighted by molar-refractivity contribution is 7.47. The molecule has 2 aromatic carbocycles. The van der Waals surface area contributed by atoms with Crippen molar-refractivity contribution in [1.82, 2.24) is 0 Å². The standard InChI is InChI=1S/C26H39O6P/c27-33(28,31-21-13-3-1-11-19-29-23-25-15-7-5-8-16-25)32-22-14-4-2-12-20-30-24-26-17-9-6-10-18-26/h5-10,15-18H,1-4,11-14,19-24H2,(H,27,28). The first-order valence-corrected chi connectivity index (χ1v) is 13.5. The van der Waals surface area contributed by atoms with Crippen LogP contribution in [0.2, 0.25) is 0 Å². The van der Waals surface area contributed by atoms with E-state index in [1.807, 2.05) is 36.4 Å². The zero-order chi connectivity index (χ0) is 23.5. The molecule has 0 saturated heterocycles. The third-order valence-corrected chi connectivity index (χ3v) is 6.12. The summed E-state index contributed by atoms with van der Waals surface area (Å²) in [5, 5.41) is 0. The highest BCUT2D eigenvalue weighted by Gasteiger charge is 2.19. The molecular formula is C26H39O6P. The van der Waals surface area contributed by atoms with E-state index in [4.69, 9.17) is 18.5 Å². The Morgan fingerprint density at radius 2 is 0.909 bits per heavy atom. The number of unbranched alkanes of at least 4 members (excludes halogenated alkanes) is 6. The molecule has 0 spiro atoms. The first-order valence-electron chi connectivity index (χ1n) is 12.0. The molecule has 0 heterocycles. The molecule has 0 fully saturated rings. The Hall–Kier alpha value is -1.53. The maximum absolute atomic E-state index is 11.9. The summed E-state index contributed by atoms with van der Waals surface area (Å²) in [6.45, 7) is 3.18. The molecule has 0 atom stereocenters. The van der Waals surface area contributed by atoms with Crippen LogP contribution in [0.1, 0.15) is 62.5 Å². The van der Waals surface area contributed by atoms with Crippen molar-refractivity contribution in [2.75, 3.05) is 26.4 Å². The zero-order valence-electron chi connectivity index (χ0n) is 19.6. The fraction of sp³-hybridized carbons (Fsp3) is 0.538. The van der Waals surface area contributed by atoms with Crippen molar-refractivity contribution in [3.05, 3.63) is 71.8 Å². The van der Waals surface area contributed by atoms with Crippen molar-refractivity contribution >= 4 is 7.82 Å². The summed E-state index contributed by atoms with van der Waals surface area (Å²) in [4.78, 5) is 9.75. The third kappa shape index (κ3) is 15.1. The number of phosphoric ester groups is 1. The predicted octanol–water partition coefficient (Wildman–Crippen LogP) is 6.67. The molecule has 33 heavy (non-hydrogen) atoms. The van der Waals surface area contributed by atoms with E-state index in [0.29, 0.717) is 13.2 Å². The Balaban J connectivity index is 1.33. The third-order valence-electron chi connectivity index (χ3n) is 5.10. The minimum atomic E-state index is -3.94. The SMILES string of the molecule is O=P(O)(OCCCCCCOCc1ccccc1)OCCCCCCOCc1ccccc1. The Morgan fingerprint density at radius 3 is 1.30 bits per heavy atom. The van der Waals surface area contributed by atoms with Crippen LogP contribution < -0.4 is 0 Å². The van der Waals surface area contributed by atoms with E-state index in [2.05, 4.69) is 24.3 Å². The first kappa shape index (κ1) is 27.7. The van der Waals surface area contributed by atoms with Gasteiger partial charge in [0.1, 0.15) is 0 Å². The molecule has 2 rings (SSSR count). The predicted molar refractivity (Wildman–Crippen MR) is 131 cm³/mol. The summed E-state index contributed by atoms with van der Waals surface area (Å²) in [6.07, 6.45) is 7.27. The largest absolute Gasteiger partial charge is 0.472 e. The average molecular weight is 479 g/mol. The van der Waals surface area contributed by atoms with Crippen LogP contribution in [0.3, 0.4) is 0 Å². The van der Waals surface area contributed by atoms with Crippen molar-refractivity contribution in [2.24, 2.45) is 0 Å². The maximum Gasteiger partial charge on any atom is 0.472 e. The van der Waals surface area contributed by atoms with Crippen LogP contribution >= 0.6 is 7.82 Å². The number of phosphoric acid groups is 1. The smallest absolute Gasteiger partial charge is 0.377 e. The molecule has 0 saturated carbocycles. The van der Waals surface area contributed by atoms with E-state index in [-0.39, 0.29) is 13.2 Å². The maximum atomic E-state index is 11.9. The van der Waals surface area contributed by atoms with Gasteiger partial charge in [-0.1, -0.05) is 86.3 Å². The van der Waals surface area contributed by atoms with Gasteiger partial charge in [-0.3, -0.25) is 9.05 Å². The molecule has 184 valence electrons. The molecule has 0 bridgehead atoms. The van der Waals surface area contributed by atoms with Crippen molar-refractivity contribution in [2.45, 2.75) is 64.6 Å². The molecular weight excluding hydrogens is 439 g/mol. The molecule has 0 amide bonds. The van der Waals surface area contributed by atoms with Crippen molar-refractivity contribution < 1.29 is 28.0 Å². The topological polar surface area (TPSA) is 74.2 Å². The highest BCUT2D eigenvalue weighted by atomic mass is 31.2. The summed E-state index contributed by atoms with van der Waals surface area (Å²) in [6, 6.07) is 20.2. The van der Waals surface area contributed by atoms with Crippen LogP contribution in [0.25, 0.3) is 0 Å². The summed E-state index contributed by atoms with van der Waals surface area (Å²) >= 11 is 0. The van der Waals surface area contributed by atoms with E-state index >= 15 is 0 Å². The van der Waals surface area contributed by atoms with Gasteiger partial charge >= 0.3 is 7.82 Å². The summed E-state index contributed by atoms with van der Waals surface area (Å²) < 4.78 is 33.3. The average Bonchev–Trinajstić information content (AvgIpc) is 2.83. The number of ether oxygens (including phenoxy) is 2. The normalized spacial score (nSPS) is 11.7. The van der Waals surface area contributed by atoms with Crippen LogP contribution in [0, 0.1) is 0 Å². The number of hydrogen-bond acceptors (Lipinski definition) is 5. The van der Waals surface area contributed by atoms with E-state index in [9.17, 15) is 9.46 Å². The highest BCUT2D eigenvalue weighted by Crippen LogP contribution is 2.43. The zero-order valence-corrected chi connectivity index (χ0v) is 20.5. The van der Waals surface area contributed by atoms with Crippen molar-refractivity contribution in [1.29, 1.82) is 0 Å². The molecule has 0 unspecified atom stereocenters. The number of benzene rings is 2. The van der Waals surface area contributed by atoms with Gasteiger partial charge in [-0.05, 0) is 36.8 Å². The molecule has 2 aromatic rings. The van der Waals surface area contributed by atoms with Gasteiger partial charge in [0.2, 0.25) is 0 Å². The monoisotopic (exact) mass is 478 g/mol. The molecule has 0 aliphatic rings. The number of rotatable bonds is 20. The molecule has 0 aliphatic heterocycles. The van der Waals surface area contributed by atoms with Crippen molar-refractivity contribution in [3.63, 3.8) is 0 Å². The minimum absolute atomic E-state index is 0.234. The lowest BCUT2D eigenvalue weighted by molar-refractivity contribution is 0.114. The molecule has 6 nitrogen and oxygen atoms in total. The number of hydrogen-bond donors (Lipinski definition) is 1. The van der Waals surface area contributed by atoms with Crippen molar-refractivity contribution in [3.8, 4) is 0 Å². The first-order chi connectivity index (χ1) is 16.2. The van der Waals surface area contributed by atoms with Gasteiger partial charge in [0, 0.05) is 13.2 Å². The van der Waals surface area contributed by atoms with Gasteiger partial charge in [-0.15, -0.1) is 0 Å². The Kier molecular flexibility index (Phi) is 15.0. The Labute approximate surface area is 198 Å². The van der Waals surface area contributed by atoms with E-state index in [1.165, 1.54) is 11.1 Å². The van der Waals surface area contributed by atoms with Crippen LogP contribution in [0.15, 0.2) is 60.7 Å². The van der Waals surface area contributed by atoms with Gasteiger partial charge in [0.15, 0.2) is 0 Å². The fourth-order valence-corrected chi connectivity index (χ4v) is 4.04. The molecule has 1 N–H and O–H groups in total. The van der Waals surface area contributed by atoms with Crippen LogP contribution in [-0.4, -0.2) is 31.3 Å². The summed E-state index contributed by atoms with van der Waals surface area (Å²) in [5.41, 5.74) is 2.36. The van der Waals surface area contributed by atoms with Crippen LogP contribution in [0.5, 0.6) is 0 Å². The fourth-order valence-electron chi connectivity index (χ4n) is 3.25. The molecule has 0 aromatic heterocycles. The molecule has 7 heteroatoms. The second-order valence-corrected chi connectivity index (χ2v) is 9.49. The van der Waals surface area contributed by atoms with E-state index < -0.39 is 7.82 Å². The minimum Gasteiger partial charge on any atom is -0.377 e. The lowest BCUT2D eigenvalue weighted by Crippen LogP contribution is -2.00. The van der Waals surface area contributed by atoms with Crippen LogP contribution in [-0.2, 0) is 36.3 Å². The van der Waals surface area contributed by atoms with Gasteiger partial charge in [0.05, 0.1) is 26.4 Å². The molecule has 0 radical (unpaired) electrons. The quantitative estimate of drug-likeness (QED) is 0.169. The lowest BCUT2D eigenvalue weighted by Gasteiger charge is -2.12. The van der Waals surface area contributed by atoms with Gasteiger partial charge in [0.25, 0.3) is 0 Å². The Bertz CT molecular complexity index is 694. The van der Waals surface area contributed by atoms with E-state index in [0.717, 1.165) is 64.6 Å². The van der Waals surface area contributed by atoms with Gasteiger partial charge in [-0.25, -0.2) is 4.57 Å². The second kappa shape index (κ2) is 17.9. The lowest BCUT2D eigenvalue weighted by atomic mass is 10.2. The van der Waals surface area contributed by atoms with Gasteiger partial charge in [-0.2, -0.15) is 0 Å².